The lowest BCUT2D eigenvalue weighted by molar-refractivity contribution is -0.119. The Kier molecular flexibility index (Phi) is 6.09. The Hall–Kier alpha value is -2.34. The van der Waals surface area contributed by atoms with Gasteiger partial charge in [0.05, 0.1) is 6.04 Å². The lowest BCUT2D eigenvalue weighted by atomic mass is 9.82. The van der Waals surface area contributed by atoms with E-state index in [-0.39, 0.29) is 48.1 Å². The molecule has 0 spiro atoms. The number of likely N-dealkylation sites (tertiary alicyclic amines) is 1. The van der Waals surface area contributed by atoms with Gasteiger partial charge in [0.1, 0.15) is 23.2 Å². The SMILES string of the molecule is NC(=O)[C@@H]1C[C@@H](N2CC(Oc3ccc(CCB(O)O)c(O)c3C(=O)O)C2)CN1. The van der Waals surface area contributed by atoms with Crippen molar-refractivity contribution in [2.75, 3.05) is 19.6 Å². The standard InChI is InChI=1S/C17H24BN3O7/c19-16(23)12-5-10(6-20-12)21-7-11(8-21)28-13-2-1-9(3-4-18(26)27)15(22)14(13)17(24)25/h1-2,10-12,20,22,26-27H,3-8H2,(H2,19,23)(H,24,25)/t10-,12+/m1/s1. The van der Waals surface area contributed by atoms with Gasteiger partial charge in [-0.25, -0.2) is 4.79 Å². The Morgan fingerprint density at radius 3 is 2.61 bits per heavy atom. The molecular weight excluding hydrogens is 369 g/mol. The summed E-state index contributed by atoms with van der Waals surface area (Å²) in [6, 6.07) is 2.85. The van der Waals surface area contributed by atoms with Crippen LogP contribution in [0.2, 0.25) is 6.32 Å². The molecule has 1 amide bonds. The number of nitrogens with two attached hydrogens (primary N) is 1. The number of primary amides is 1. The number of aryl methyl sites for hydroxylation is 1. The maximum atomic E-state index is 11.6. The van der Waals surface area contributed by atoms with E-state index in [2.05, 4.69) is 10.2 Å². The Morgan fingerprint density at radius 2 is 2.04 bits per heavy atom. The summed E-state index contributed by atoms with van der Waals surface area (Å²) in [6.07, 6.45) is 0.507. The number of nitrogens with zero attached hydrogens (tertiary/aromatic N) is 1. The number of benzene rings is 1. The van der Waals surface area contributed by atoms with E-state index in [4.69, 9.17) is 20.5 Å². The third kappa shape index (κ3) is 4.38. The van der Waals surface area contributed by atoms with Crippen molar-refractivity contribution >= 4 is 19.0 Å². The van der Waals surface area contributed by atoms with Crippen LogP contribution in [0.1, 0.15) is 22.3 Å². The molecule has 2 atom stereocenters. The number of carboxylic acids is 1. The molecule has 152 valence electrons. The van der Waals surface area contributed by atoms with Crippen molar-refractivity contribution in [2.24, 2.45) is 5.73 Å². The Morgan fingerprint density at radius 1 is 1.32 bits per heavy atom. The number of phenols is 1. The maximum Gasteiger partial charge on any atom is 0.451 e. The number of aromatic carboxylic acids is 1. The lowest BCUT2D eigenvalue weighted by Crippen LogP contribution is -2.58. The number of carbonyl (C=O) groups is 2. The van der Waals surface area contributed by atoms with Crippen molar-refractivity contribution in [3.63, 3.8) is 0 Å². The van der Waals surface area contributed by atoms with Gasteiger partial charge in [-0.1, -0.05) is 6.07 Å². The molecule has 0 aromatic heterocycles. The number of amides is 1. The molecule has 28 heavy (non-hydrogen) atoms. The van der Waals surface area contributed by atoms with E-state index >= 15 is 0 Å². The summed E-state index contributed by atoms with van der Waals surface area (Å²) in [4.78, 5) is 25.0. The molecule has 0 radical (unpaired) electrons. The van der Waals surface area contributed by atoms with Gasteiger partial charge in [-0.3, -0.25) is 9.69 Å². The van der Waals surface area contributed by atoms with Gasteiger partial charge in [0.15, 0.2) is 0 Å². The predicted octanol–water partition coefficient (Wildman–Crippen LogP) is -1.62. The largest absolute Gasteiger partial charge is 0.507 e. The van der Waals surface area contributed by atoms with Gasteiger partial charge in [0.25, 0.3) is 0 Å². The van der Waals surface area contributed by atoms with Crippen LogP contribution in [0.5, 0.6) is 11.5 Å². The zero-order chi connectivity index (χ0) is 20.4. The van der Waals surface area contributed by atoms with Crippen LogP contribution < -0.4 is 15.8 Å². The van der Waals surface area contributed by atoms with Crippen LogP contribution in [0.4, 0.5) is 0 Å². The molecule has 2 aliphatic rings. The second-order valence-corrected chi connectivity index (χ2v) is 7.22. The molecule has 1 aromatic rings. The van der Waals surface area contributed by atoms with Gasteiger partial charge >= 0.3 is 13.1 Å². The summed E-state index contributed by atoms with van der Waals surface area (Å²) in [5.41, 5.74) is 5.28. The van der Waals surface area contributed by atoms with Crippen LogP contribution in [-0.2, 0) is 11.2 Å². The molecule has 7 N–H and O–H groups in total. The first-order valence-corrected chi connectivity index (χ1v) is 9.14. The molecule has 2 saturated heterocycles. The highest BCUT2D eigenvalue weighted by Crippen LogP contribution is 2.34. The van der Waals surface area contributed by atoms with Crippen LogP contribution in [0.3, 0.4) is 0 Å². The molecule has 1 aromatic carbocycles. The highest BCUT2D eigenvalue weighted by atomic mass is 16.5. The minimum absolute atomic E-state index is 0.0217. The average Bonchev–Trinajstić information content (AvgIpc) is 3.06. The summed E-state index contributed by atoms with van der Waals surface area (Å²) >= 11 is 0. The van der Waals surface area contributed by atoms with Crippen LogP contribution >= 0.6 is 0 Å². The van der Waals surface area contributed by atoms with Crippen LogP contribution in [0.25, 0.3) is 0 Å². The molecular formula is C17H24BN3O7. The smallest absolute Gasteiger partial charge is 0.451 e. The van der Waals surface area contributed by atoms with E-state index in [0.717, 1.165) is 0 Å². The van der Waals surface area contributed by atoms with Gasteiger partial charge in [-0.05, 0) is 30.8 Å². The summed E-state index contributed by atoms with van der Waals surface area (Å²) < 4.78 is 5.77. The van der Waals surface area contributed by atoms with Crippen LogP contribution in [0.15, 0.2) is 12.1 Å². The fourth-order valence-corrected chi connectivity index (χ4v) is 3.64. The minimum atomic E-state index is -1.54. The van der Waals surface area contributed by atoms with E-state index in [1.165, 1.54) is 12.1 Å². The zero-order valence-corrected chi connectivity index (χ0v) is 15.2. The fourth-order valence-electron chi connectivity index (χ4n) is 3.64. The summed E-state index contributed by atoms with van der Waals surface area (Å²) in [7, 11) is -1.54. The predicted molar refractivity (Wildman–Crippen MR) is 99.1 cm³/mol. The van der Waals surface area contributed by atoms with Crippen molar-refractivity contribution in [3.05, 3.63) is 23.3 Å². The number of carbonyl (C=O) groups excluding carboxylic acids is 1. The highest BCUT2D eigenvalue weighted by molar-refractivity contribution is 6.41. The van der Waals surface area contributed by atoms with Gasteiger partial charge in [0, 0.05) is 25.7 Å². The molecule has 10 nitrogen and oxygen atoms in total. The second-order valence-electron chi connectivity index (χ2n) is 7.22. The molecule has 11 heteroatoms. The van der Waals surface area contributed by atoms with Crippen molar-refractivity contribution in [3.8, 4) is 11.5 Å². The van der Waals surface area contributed by atoms with Gasteiger partial charge in [-0.15, -0.1) is 0 Å². The van der Waals surface area contributed by atoms with E-state index in [9.17, 15) is 19.8 Å². The number of nitrogens with one attached hydrogen (secondary N) is 1. The maximum absolute atomic E-state index is 11.6. The van der Waals surface area contributed by atoms with E-state index in [1.807, 2.05) is 0 Å². The van der Waals surface area contributed by atoms with E-state index < -0.39 is 18.8 Å². The topological polar surface area (TPSA) is 166 Å². The Balaban J connectivity index is 1.61. The number of hydrogen-bond acceptors (Lipinski definition) is 8. The molecule has 2 aliphatic heterocycles. The van der Waals surface area contributed by atoms with Crippen LogP contribution in [0, 0.1) is 0 Å². The second kappa shape index (κ2) is 8.35. The molecule has 0 saturated carbocycles. The first-order chi connectivity index (χ1) is 13.3. The van der Waals surface area contributed by atoms with Gasteiger partial charge in [-0.2, -0.15) is 0 Å². The van der Waals surface area contributed by atoms with Crippen LogP contribution in [-0.4, -0.2) is 82.0 Å². The molecule has 2 fully saturated rings. The van der Waals surface area contributed by atoms with E-state index in [1.54, 1.807) is 0 Å². The van der Waals surface area contributed by atoms with Crippen molar-refractivity contribution < 1.29 is 34.6 Å². The molecule has 2 heterocycles. The van der Waals surface area contributed by atoms with Gasteiger partial charge in [0.2, 0.25) is 5.91 Å². The highest BCUT2D eigenvalue weighted by Gasteiger charge is 2.39. The quantitative estimate of drug-likeness (QED) is 0.285. The normalized spacial score (nSPS) is 22.6. The third-order valence-electron chi connectivity index (χ3n) is 5.25. The van der Waals surface area contributed by atoms with E-state index in [0.29, 0.717) is 31.6 Å². The molecule has 0 unspecified atom stereocenters. The Labute approximate surface area is 162 Å². The summed E-state index contributed by atoms with van der Waals surface area (Å²) in [5.74, 6) is -2.04. The average molecular weight is 393 g/mol. The first kappa shape index (κ1) is 20.4. The van der Waals surface area contributed by atoms with Gasteiger partial charge < -0.3 is 36.0 Å². The third-order valence-corrected chi connectivity index (χ3v) is 5.25. The van der Waals surface area contributed by atoms with Crippen molar-refractivity contribution in [1.29, 1.82) is 0 Å². The van der Waals surface area contributed by atoms with Crippen molar-refractivity contribution in [1.82, 2.24) is 10.2 Å². The zero-order valence-electron chi connectivity index (χ0n) is 15.2. The number of aromatic hydroxyl groups is 1. The monoisotopic (exact) mass is 393 g/mol. The molecule has 0 bridgehead atoms. The summed E-state index contributed by atoms with van der Waals surface area (Å²) in [6.45, 7) is 1.82. The first-order valence-electron chi connectivity index (χ1n) is 9.14. The minimum Gasteiger partial charge on any atom is -0.507 e. The van der Waals surface area contributed by atoms with Crippen molar-refractivity contribution in [2.45, 2.75) is 37.3 Å². The lowest BCUT2D eigenvalue weighted by Gasteiger charge is -2.42. The number of carboxylic acid groups (broad SMARTS) is 1. The number of rotatable bonds is 8. The molecule has 0 aliphatic carbocycles. The summed E-state index contributed by atoms with van der Waals surface area (Å²) in [5, 5.41) is 40.7. The number of ether oxygens (including phenoxy) is 1. The molecule has 3 rings (SSSR count). The number of hydrogen-bond donors (Lipinski definition) is 6. The Bertz CT molecular complexity index is 755. The fraction of sp³-hybridized carbons (Fsp3) is 0.529.